The molecule has 0 aliphatic heterocycles. The van der Waals surface area contributed by atoms with E-state index in [-0.39, 0.29) is 16.4 Å². The number of aromatic nitrogens is 4. The maximum Gasteiger partial charge on any atom is 0.330 e. The van der Waals surface area contributed by atoms with E-state index in [1.165, 1.54) is 12.1 Å². The fourth-order valence-electron chi connectivity index (χ4n) is 3.51. The molecule has 9 nitrogen and oxygen atoms in total. The van der Waals surface area contributed by atoms with E-state index in [9.17, 15) is 18.0 Å². The summed E-state index contributed by atoms with van der Waals surface area (Å²) in [4.78, 5) is 29.3. The van der Waals surface area contributed by atoms with E-state index in [4.69, 9.17) is 0 Å². The molecule has 0 bridgehead atoms. The number of hydrogen-bond acceptors (Lipinski definition) is 6. The van der Waals surface area contributed by atoms with Crippen molar-refractivity contribution >= 4 is 32.3 Å². The fraction of sp³-hybridized carbons (Fsp3) is 0.0435. The minimum absolute atomic E-state index is 0.149. The average Bonchev–Trinajstić information content (AvgIpc) is 2.81. The van der Waals surface area contributed by atoms with E-state index in [2.05, 4.69) is 19.9 Å². The number of H-pyrrole nitrogens is 1. The molecule has 5 aromatic rings. The van der Waals surface area contributed by atoms with Crippen LogP contribution in [0, 0.1) is 6.92 Å². The summed E-state index contributed by atoms with van der Waals surface area (Å²) in [5, 5.41) is 6.89. The normalized spacial score (nSPS) is 11.7. The first kappa shape index (κ1) is 20.6. The summed E-state index contributed by atoms with van der Waals surface area (Å²) in [6.07, 6.45) is 0. The summed E-state index contributed by atoms with van der Waals surface area (Å²) in [7, 11) is -3.76. The molecule has 5 rings (SSSR count). The highest BCUT2D eigenvalue weighted by molar-refractivity contribution is 7.92. The molecule has 0 saturated heterocycles. The molecule has 0 amide bonds. The van der Waals surface area contributed by atoms with E-state index in [1.807, 2.05) is 13.0 Å². The van der Waals surface area contributed by atoms with Crippen LogP contribution in [-0.2, 0) is 10.0 Å². The van der Waals surface area contributed by atoms with E-state index in [1.54, 1.807) is 54.6 Å². The molecule has 2 heterocycles. The molecule has 0 radical (unpaired) electrons. The van der Waals surface area contributed by atoms with E-state index >= 15 is 0 Å². The number of sulfonamides is 1. The maximum absolute atomic E-state index is 12.7. The number of para-hydroxylation sites is 1. The first-order valence-corrected chi connectivity index (χ1v) is 11.4. The Kier molecular flexibility index (Phi) is 4.79. The van der Waals surface area contributed by atoms with Crippen LogP contribution in [0.15, 0.2) is 87.3 Å². The van der Waals surface area contributed by atoms with Crippen LogP contribution in [0.25, 0.3) is 27.9 Å². The Labute approximate surface area is 187 Å². The summed E-state index contributed by atoms with van der Waals surface area (Å²) in [5.74, 6) is 0.222. The van der Waals surface area contributed by atoms with Crippen molar-refractivity contribution in [2.75, 3.05) is 4.72 Å². The molecular formula is C23H17N5O4S. The predicted molar refractivity (Wildman–Crippen MR) is 125 cm³/mol. The van der Waals surface area contributed by atoms with Gasteiger partial charge in [0.15, 0.2) is 5.65 Å². The average molecular weight is 459 g/mol. The van der Waals surface area contributed by atoms with Gasteiger partial charge in [-0.2, -0.15) is 5.10 Å². The molecule has 0 aliphatic rings. The van der Waals surface area contributed by atoms with Crippen molar-refractivity contribution in [3.8, 4) is 11.4 Å². The molecule has 0 aliphatic carbocycles. The van der Waals surface area contributed by atoms with Gasteiger partial charge < -0.3 is 0 Å². The quantitative estimate of drug-likeness (QED) is 0.314. The van der Waals surface area contributed by atoms with Crippen LogP contribution >= 0.6 is 0 Å². The second-order valence-corrected chi connectivity index (χ2v) is 9.15. The van der Waals surface area contributed by atoms with Gasteiger partial charge in [-0.1, -0.05) is 29.8 Å². The minimum atomic E-state index is -3.76. The van der Waals surface area contributed by atoms with Crippen LogP contribution in [0.3, 0.4) is 0 Å². The van der Waals surface area contributed by atoms with Gasteiger partial charge in [-0.25, -0.2) is 22.9 Å². The lowest BCUT2D eigenvalue weighted by Gasteiger charge is -2.11. The van der Waals surface area contributed by atoms with Gasteiger partial charge in [0.1, 0.15) is 5.82 Å². The largest absolute Gasteiger partial charge is 0.330 e. The molecule has 3 aromatic carbocycles. The molecule has 10 heteroatoms. The highest BCUT2D eigenvalue weighted by atomic mass is 32.2. The van der Waals surface area contributed by atoms with E-state index < -0.39 is 21.1 Å². The summed E-state index contributed by atoms with van der Waals surface area (Å²) < 4.78 is 29.0. The van der Waals surface area contributed by atoms with Crippen LogP contribution in [0.5, 0.6) is 0 Å². The molecule has 0 atom stereocenters. The van der Waals surface area contributed by atoms with Crippen molar-refractivity contribution in [3.05, 3.63) is 99.1 Å². The lowest BCUT2D eigenvalue weighted by Crippen LogP contribution is -2.35. The Morgan fingerprint density at radius 1 is 0.909 bits per heavy atom. The van der Waals surface area contributed by atoms with Crippen molar-refractivity contribution < 1.29 is 8.42 Å². The van der Waals surface area contributed by atoms with Crippen molar-refractivity contribution in [3.63, 3.8) is 0 Å². The summed E-state index contributed by atoms with van der Waals surface area (Å²) in [6.45, 7) is 1.88. The minimum Gasteiger partial charge on any atom is -0.280 e. The van der Waals surface area contributed by atoms with Gasteiger partial charge >= 0.3 is 11.1 Å². The van der Waals surface area contributed by atoms with Gasteiger partial charge in [0.25, 0.3) is 10.0 Å². The first-order chi connectivity index (χ1) is 15.8. The van der Waals surface area contributed by atoms with Crippen molar-refractivity contribution in [2.45, 2.75) is 11.8 Å². The van der Waals surface area contributed by atoms with Crippen molar-refractivity contribution in [1.29, 1.82) is 0 Å². The number of benzene rings is 3. The number of fused-ring (bicyclic) bond motifs is 3. The topological polar surface area (TPSA) is 126 Å². The third-order valence-electron chi connectivity index (χ3n) is 5.18. The number of hydrogen-bond donors (Lipinski definition) is 2. The third kappa shape index (κ3) is 3.66. The smallest absolute Gasteiger partial charge is 0.280 e. The highest BCUT2D eigenvalue weighted by Crippen LogP contribution is 2.25. The standard InChI is InChI=1S/C23H17N5O4S/c1-14-6-12-17(13-7-14)33(31,32)27-16-10-8-15(9-11-16)20-24-19-5-3-2-4-18(19)21-25-26-22(29)23(30)28(20)21/h2-13,27H,1H3,(H,26,29). The monoisotopic (exact) mass is 459 g/mol. The Hall–Kier alpha value is -4.31. The van der Waals surface area contributed by atoms with Gasteiger partial charge in [0.2, 0.25) is 0 Å². The number of nitrogens with one attached hydrogen (secondary N) is 2. The zero-order chi connectivity index (χ0) is 23.2. The number of aryl methyl sites for hydroxylation is 1. The zero-order valence-corrected chi connectivity index (χ0v) is 18.1. The number of nitrogens with zero attached hydrogens (tertiary/aromatic N) is 3. The Morgan fingerprint density at radius 2 is 1.61 bits per heavy atom. The fourth-order valence-corrected chi connectivity index (χ4v) is 4.57. The van der Waals surface area contributed by atoms with E-state index in [0.29, 0.717) is 22.2 Å². The van der Waals surface area contributed by atoms with Crippen LogP contribution in [0.1, 0.15) is 5.56 Å². The SMILES string of the molecule is Cc1ccc(S(=O)(=O)Nc2ccc(-c3nc4ccccc4c4n[nH]c(=O)c(=O)n34)cc2)cc1. The number of rotatable bonds is 4. The summed E-state index contributed by atoms with van der Waals surface area (Å²) >= 11 is 0. The van der Waals surface area contributed by atoms with Crippen molar-refractivity contribution in [2.24, 2.45) is 0 Å². The Bertz CT molecular complexity index is 1740. The molecule has 164 valence electrons. The van der Waals surface area contributed by atoms with Crippen LogP contribution in [-0.4, -0.2) is 28.0 Å². The molecule has 2 aromatic heterocycles. The van der Waals surface area contributed by atoms with Crippen LogP contribution < -0.4 is 15.8 Å². The lowest BCUT2D eigenvalue weighted by molar-refractivity contribution is 0.601. The lowest BCUT2D eigenvalue weighted by atomic mass is 10.1. The Balaban J connectivity index is 1.60. The van der Waals surface area contributed by atoms with Crippen LogP contribution in [0.2, 0.25) is 0 Å². The van der Waals surface area contributed by atoms with Gasteiger partial charge in [0, 0.05) is 16.6 Å². The van der Waals surface area contributed by atoms with Crippen LogP contribution in [0.4, 0.5) is 5.69 Å². The maximum atomic E-state index is 12.7. The zero-order valence-electron chi connectivity index (χ0n) is 17.3. The van der Waals surface area contributed by atoms with Crippen molar-refractivity contribution in [1.82, 2.24) is 19.6 Å². The predicted octanol–water partition coefficient (Wildman–Crippen LogP) is 2.71. The number of aromatic amines is 1. The number of anilines is 1. The second-order valence-electron chi connectivity index (χ2n) is 7.47. The van der Waals surface area contributed by atoms with Gasteiger partial charge in [-0.05, 0) is 55.5 Å². The summed E-state index contributed by atoms with van der Waals surface area (Å²) in [6, 6.07) is 20.0. The molecule has 0 unspecified atom stereocenters. The highest BCUT2D eigenvalue weighted by Gasteiger charge is 2.16. The molecule has 0 spiro atoms. The first-order valence-electron chi connectivity index (χ1n) is 9.94. The van der Waals surface area contributed by atoms with Gasteiger partial charge in [-0.3, -0.25) is 14.3 Å². The molecule has 2 N–H and O–H groups in total. The molecule has 0 fully saturated rings. The Morgan fingerprint density at radius 3 is 2.33 bits per heavy atom. The molecule has 33 heavy (non-hydrogen) atoms. The van der Waals surface area contributed by atoms with E-state index in [0.717, 1.165) is 9.96 Å². The molecule has 0 saturated carbocycles. The summed E-state index contributed by atoms with van der Waals surface area (Å²) in [5.41, 5.74) is 0.994. The van der Waals surface area contributed by atoms with Gasteiger partial charge in [0.05, 0.1) is 10.4 Å². The second kappa shape index (κ2) is 7.68. The molecular weight excluding hydrogens is 442 g/mol. The third-order valence-corrected chi connectivity index (χ3v) is 6.58. The van der Waals surface area contributed by atoms with Gasteiger partial charge in [-0.15, -0.1) is 0 Å².